The van der Waals surface area contributed by atoms with Crippen LogP contribution in [0.5, 0.6) is 0 Å². The summed E-state index contributed by atoms with van der Waals surface area (Å²) in [6.07, 6.45) is 18.7. The Morgan fingerprint density at radius 3 is 1.75 bits per heavy atom. The van der Waals surface area contributed by atoms with Crippen LogP contribution >= 0.6 is 11.8 Å². The van der Waals surface area contributed by atoms with Gasteiger partial charge in [0, 0.05) is 4.90 Å². The molecular formula is C23H40S. The lowest BCUT2D eigenvalue weighted by atomic mass is 9.75. The normalized spacial score (nSPS) is 13.8. The lowest BCUT2D eigenvalue weighted by Crippen LogP contribution is -2.20. The molecule has 0 heterocycles. The molecule has 24 heavy (non-hydrogen) atoms. The molecule has 138 valence electrons. The van der Waals surface area contributed by atoms with Crippen LogP contribution in [-0.2, 0) is 6.42 Å². The Labute approximate surface area is 156 Å². The summed E-state index contributed by atoms with van der Waals surface area (Å²) >= 11 is 1.84. The van der Waals surface area contributed by atoms with Gasteiger partial charge in [-0.25, -0.2) is 0 Å². The van der Waals surface area contributed by atoms with Crippen LogP contribution in [0.1, 0.15) is 97.0 Å². The third kappa shape index (κ3) is 9.16. The first kappa shape index (κ1) is 21.6. The molecule has 0 bridgehead atoms. The predicted octanol–water partition coefficient (Wildman–Crippen LogP) is 8.29. The summed E-state index contributed by atoms with van der Waals surface area (Å²) in [4.78, 5) is 1.38. The van der Waals surface area contributed by atoms with E-state index in [-0.39, 0.29) is 0 Å². The lowest BCUT2D eigenvalue weighted by molar-refractivity contribution is 0.249. The smallest absolute Gasteiger partial charge is 0.00693 e. The maximum atomic E-state index is 2.54. The van der Waals surface area contributed by atoms with Gasteiger partial charge in [-0.05, 0) is 48.6 Å². The number of hydrogen-bond acceptors (Lipinski definition) is 1. The Morgan fingerprint density at radius 2 is 1.25 bits per heavy atom. The Balaban J connectivity index is 2.56. The van der Waals surface area contributed by atoms with Crippen LogP contribution in [0, 0.1) is 5.41 Å². The molecule has 1 aromatic carbocycles. The molecule has 1 atom stereocenters. The molecule has 1 unspecified atom stereocenters. The second-order valence-corrected chi connectivity index (χ2v) is 8.69. The zero-order valence-electron chi connectivity index (χ0n) is 16.7. The molecule has 1 aromatic rings. The third-order valence-corrected chi connectivity index (χ3v) is 6.05. The fraction of sp³-hybridized carbons (Fsp3) is 0.739. The minimum atomic E-state index is 0.487. The van der Waals surface area contributed by atoms with Crippen LogP contribution in [0.4, 0.5) is 0 Å². The molecule has 0 aromatic heterocycles. The molecule has 0 radical (unpaired) electrons. The molecule has 1 heteroatoms. The maximum Gasteiger partial charge on any atom is 0.00693 e. The van der Waals surface area contributed by atoms with Crippen LogP contribution in [0.3, 0.4) is 0 Å². The summed E-state index contributed by atoms with van der Waals surface area (Å²) in [5.74, 6) is 0. The van der Waals surface area contributed by atoms with Gasteiger partial charge in [0.2, 0.25) is 0 Å². The number of thioether (sulfide) groups is 1. The van der Waals surface area contributed by atoms with Gasteiger partial charge in [-0.15, -0.1) is 11.8 Å². The zero-order chi connectivity index (χ0) is 17.7. The van der Waals surface area contributed by atoms with Gasteiger partial charge in [-0.1, -0.05) is 90.7 Å². The lowest BCUT2D eigenvalue weighted by Gasteiger charge is -2.30. The van der Waals surface area contributed by atoms with Gasteiger partial charge >= 0.3 is 0 Å². The molecule has 0 aliphatic heterocycles. The highest BCUT2D eigenvalue weighted by Gasteiger charge is 2.23. The molecule has 0 spiro atoms. The average Bonchev–Trinajstić information content (AvgIpc) is 2.59. The van der Waals surface area contributed by atoms with Crippen LogP contribution in [0.25, 0.3) is 0 Å². The van der Waals surface area contributed by atoms with Crippen molar-refractivity contribution in [1.29, 1.82) is 0 Å². The standard InChI is InChI=1S/C23H40S/c1-5-7-9-11-13-19-23(3,18-12-10-8-6-2)20-21-14-16-22(24-4)17-15-21/h14-17H,5-13,18-20H2,1-4H3. The van der Waals surface area contributed by atoms with E-state index in [1.54, 1.807) is 0 Å². The van der Waals surface area contributed by atoms with Crippen LogP contribution in [0.15, 0.2) is 29.2 Å². The first-order valence-corrected chi connectivity index (χ1v) is 11.5. The van der Waals surface area contributed by atoms with Crippen LogP contribution in [0.2, 0.25) is 0 Å². The first-order valence-electron chi connectivity index (χ1n) is 10.3. The van der Waals surface area contributed by atoms with Gasteiger partial charge in [0.15, 0.2) is 0 Å². The van der Waals surface area contributed by atoms with Crippen molar-refractivity contribution >= 4 is 11.8 Å². The molecule has 0 nitrogen and oxygen atoms in total. The number of hydrogen-bond donors (Lipinski definition) is 0. The van der Waals surface area contributed by atoms with Gasteiger partial charge in [-0.2, -0.15) is 0 Å². The first-order chi connectivity index (χ1) is 11.6. The van der Waals surface area contributed by atoms with Crippen molar-refractivity contribution in [2.24, 2.45) is 5.41 Å². The SMILES string of the molecule is CCCCCCCC(C)(CCCCCC)Cc1ccc(SC)cc1. The molecule has 0 N–H and O–H groups in total. The van der Waals surface area contributed by atoms with E-state index in [1.807, 2.05) is 11.8 Å². The van der Waals surface area contributed by atoms with Crippen molar-refractivity contribution in [3.63, 3.8) is 0 Å². The number of benzene rings is 1. The Kier molecular flexibility index (Phi) is 11.6. The molecule has 0 saturated carbocycles. The Hall–Kier alpha value is -0.430. The van der Waals surface area contributed by atoms with Gasteiger partial charge in [-0.3, -0.25) is 0 Å². The van der Waals surface area contributed by atoms with Crippen molar-refractivity contribution in [2.75, 3.05) is 6.26 Å². The topological polar surface area (TPSA) is 0 Å². The summed E-state index contributed by atoms with van der Waals surface area (Å²) in [6, 6.07) is 9.29. The highest BCUT2D eigenvalue weighted by Crippen LogP contribution is 2.35. The van der Waals surface area contributed by atoms with E-state index in [0.29, 0.717) is 5.41 Å². The minimum Gasteiger partial charge on any atom is -0.130 e. The van der Waals surface area contributed by atoms with Crippen molar-refractivity contribution in [3.05, 3.63) is 29.8 Å². The quantitative estimate of drug-likeness (QED) is 0.241. The fourth-order valence-electron chi connectivity index (χ4n) is 3.67. The minimum absolute atomic E-state index is 0.487. The van der Waals surface area contributed by atoms with Gasteiger partial charge in [0.05, 0.1) is 0 Å². The molecular weight excluding hydrogens is 308 g/mol. The molecule has 0 fully saturated rings. The average molecular weight is 349 g/mol. The highest BCUT2D eigenvalue weighted by atomic mass is 32.2. The Morgan fingerprint density at radius 1 is 0.750 bits per heavy atom. The monoisotopic (exact) mass is 348 g/mol. The summed E-state index contributed by atoms with van der Waals surface area (Å²) in [5, 5.41) is 0. The van der Waals surface area contributed by atoms with Crippen molar-refractivity contribution in [2.45, 2.75) is 103 Å². The van der Waals surface area contributed by atoms with Crippen molar-refractivity contribution in [1.82, 2.24) is 0 Å². The van der Waals surface area contributed by atoms with E-state index in [0.717, 1.165) is 0 Å². The second kappa shape index (κ2) is 12.9. The predicted molar refractivity (Wildman–Crippen MR) is 112 cm³/mol. The summed E-state index contributed by atoms with van der Waals surface area (Å²) in [5.41, 5.74) is 2.01. The number of rotatable bonds is 14. The van der Waals surface area contributed by atoms with Crippen molar-refractivity contribution in [3.8, 4) is 0 Å². The fourth-order valence-corrected chi connectivity index (χ4v) is 4.08. The third-order valence-electron chi connectivity index (χ3n) is 5.31. The second-order valence-electron chi connectivity index (χ2n) is 7.81. The van der Waals surface area contributed by atoms with Gasteiger partial charge in [0.1, 0.15) is 0 Å². The molecule has 0 aliphatic rings. The van der Waals surface area contributed by atoms with E-state index >= 15 is 0 Å². The zero-order valence-corrected chi connectivity index (χ0v) is 17.5. The van der Waals surface area contributed by atoms with Crippen LogP contribution < -0.4 is 0 Å². The highest BCUT2D eigenvalue weighted by molar-refractivity contribution is 7.98. The summed E-state index contributed by atoms with van der Waals surface area (Å²) in [7, 11) is 0. The molecule has 0 amide bonds. The van der Waals surface area contributed by atoms with Gasteiger partial charge in [0.25, 0.3) is 0 Å². The van der Waals surface area contributed by atoms with E-state index in [1.165, 1.54) is 87.5 Å². The summed E-state index contributed by atoms with van der Waals surface area (Å²) in [6.45, 7) is 7.15. The largest absolute Gasteiger partial charge is 0.130 e. The number of unbranched alkanes of at least 4 members (excludes halogenated alkanes) is 7. The van der Waals surface area contributed by atoms with E-state index in [2.05, 4.69) is 51.3 Å². The molecule has 0 saturated heterocycles. The maximum absolute atomic E-state index is 2.54. The molecule has 0 aliphatic carbocycles. The van der Waals surface area contributed by atoms with E-state index in [9.17, 15) is 0 Å². The van der Waals surface area contributed by atoms with E-state index in [4.69, 9.17) is 0 Å². The van der Waals surface area contributed by atoms with Crippen molar-refractivity contribution < 1.29 is 0 Å². The van der Waals surface area contributed by atoms with Gasteiger partial charge < -0.3 is 0 Å². The molecule has 1 rings (SSSR count). The summed E-state index contributed by atoms with van der Waals surface area (Å²) < 4.78 is 0. The van der Waals surface area contributed by atoms with E-state index < -0.39 is 0 Å². The Bertz CT molecular complexity index is 409. The van der Waals surface area contributed by atoms with Crippen LogP contribution in [-0.4, -0.2) is 6.26 Å².